The molecule has 0 aromatic rings. The number of nitrogens with zero attached hydrogens (tertiary/aromatic N) is 3. The largest absolute Gasteiger partial charge is 0.463 e. The third-order valence-electron chi connectivity index (χ3n) is 9.03. The van der Waals surface area contributed by atoms with Crippen LogP contribution in [-0.4, -0.2) is 84.8 Å². The first-order chi connectivity index (χ1) is 21.5. The Morgan fingerprint density at radius 1 is 1.27 bits per heavy atom. The van der Waals surface area contributed by atoms with E-state index >= 15 is 0 Å². The second-order valence-electron chi connectivity index (χ2n) is 12.5. The van der Waals surface area contributed by atoms with Gasteiger partial charge in [-0.15, -0.1) is 0 Å². The van der Waals surface area contributed by atoms with Crippen LogP contribution in [0.1, 0.15) is 85.5 Å². The first-order valence-electron chi connectivity index (χ1n) is 16.2. The zero-order chi connectivity index (χ0) is 33.1. The van der Waals surface area contributed by atoms with Crippen molar-refractivity contribution in [2.24, 2.45) is 33.5 Å². The summed E-state index contributed by atoms with van der Waals surface area (Å²) in [5, 5.41) is 28.1. The monoisotopic (exact) mass is 630 g/mol. The van der Waals surface area contributed by atoms with Crippen molar-refractivity contribution in [2.45, 2.75) is 121 Å². The fourth-order valence-electron chi connectivity index (χ4n) is 6.06. The van der Waals surface area contributed by atoms with Gasteiger partial charge in [-0.1, -0.05) is 53.0 Å². The summed E-state index contributed by atoms with van der Waals surface area (Å²) in [6.45, 7) is 7.06. The topological polar surface area (TPSA) is 198 Å². The molecule has 1 aliphatic carbocycles. The summed E-state index contributed by atoms with van der Waals surface area (Å²) >= 11 is 0. The van der Waals surface area contributed by atoms with E-state index in [9.17, 15) is 24.8 Å². The molecule has 1 amide bonds. The number of hydrogen-bond donors (Lipinski definition) is 4. The summed E-state index contributed by atoms with van der Waals surface area (Å²) in [6, 6.07) is 0.301. The normalized spacial score (nSPS) is 28.1. The smallest absolute Gasteiger partial charge is 0.323 e. The number of esters is 2. The van der Waals surface area contributed by atoms with Crippen LogP contribution >= 0.6 is 0 Å². The summed E-state index contributed by atoms with van der Waals surface area (Å²) in [7, 11) is 1.55. The van der Waals surface area contributed by atoms with Crippen LogP contribution in [0, 0.1) is 29.1 Å². The van der Waals surface area contributed by atoms with Gasteiger partial charge in [-0.2, -0.15) is 5.26 Å². The number of amidine groups is 1. The molecular formula is C32H50N6O7. The number of carbonyl (C=O) groups excluding carboxylic acids is 3. The van der Waals surface area contributed by atoms with E-state index in [-0.39, 0.29) is 48.9 Å². The van der Waals surface area contributed by atoms with Gasteiger partial charge in [0, 0.05) is 19.4 Å². The van der Waals surface area contributed by atoms with Crippen LogP contribution < -0.4 is 16.4 Å². The molecule has 250 valence electrons. The second kappa shape index (κ2) is 16.8. The highest BCUT2D eigenvalue weighted by Crippen LogP contribution is 2.39. The van der Waals surface area contributed by atoms with Gasteiger partial charge >= 0.3 is 11.9 Å². The predicted molar refractivity (Wildman–Crippen MR) is 168 cm³/mol. The van der Waals surface area contributed by atoms with Crippen molar-refractivity contribution in [3.8, 4) is 6.07 Å². The molecule has 13 nitrogen and oxygen atoms in total. The number of carbonyl (C=O) groups is 3. The molecule has 13 heteroatoms. The van der Waals surface area contributed by atoms with Crippen molar-refractivity contribution < 1.29 is 33.7 Å². The number of nitriles is 1. The molecule has 0 aromatic heterocycles. The quantitative estimate of drug-likeness (QED) is 0.133. The zero-order valence-electron chi connectivity index (χ0n) is 27.2. The van der Waals surface area contributed by atoms with Crippen LogP contribution in [0.2, 0.25) is 0 Å². The molecule has 2 fully saturated rings. The molecule has 0 aromatic carbocycles. The van der Waals surface area contributed by atoms with Crippen molar-refractivity contribution in [3.05, 3.63) is 11.8 Å². The van der Waals surface area contributed by atoms with E-state index in [1.165, 1.54) is 6.34 Å². The van der Waals surface area contributed by atoms with Gasteiger partial charge in [-0.3, -0.25) is 19.4 Å². The van der Waals surface area contributed by atoms with Gasteiger partial charge in [0.25, 0.3) is 0 Å². The average molecular weight is 631 g/mol. The Morgan fingerprint density at radius 2 is 1.96 bits per heavy atom. The van der Waals surface area contributed by atoms with Gasteiger partial charge in [-0.25, -0.2) is 4.99 Å². The van der Waals surface area contributed by atoms with Crippen molar-refractivity contribution in [1.29, 1.82) is 5.26 Å². The SMILES string of the molecule is CCC(CC)C(=O)NC(=NC=NC)C1=CCC([C@]2(C#N)O[C@H](COC(=O)CC3CCCCC3)[C@@H](OC(=O)[C@@H](N)C(C)C)[C@H]2O)N1. The summed E-state index contributed by atoms with van der Waals surface area (Å²) < 4.78 is 17.4. The van der Waals surface area contributed by atoms with E-state index < -0.39 is 47.9 Å². The van der Waals surface area contributed by atoms with Crippen molar-refractivity contribution in [3.63, 3.8) is 0 Å². The van der Waals surface area contributed by atoms with Gasteiger partial charge in [-0.05, 0) is 43.9 Å². The summed E-state index contributed by atoms with van der Waals surface area (Å²) in [5.74, 6) is -1.37. The Kier molecular flexibility index (Phi) is 13.5. The van der Waals surface area contributed by atoms with Gasteiger partial charge in [0.05, 0.1) is 11.7 Å². The van der Waals surface area contributed by atoms with Crippen LogP contribution in [-0.2, 0) is 28.6 Å². The predicted octanol–water partition coefficient (Wildman–Crippen LogP) is 2.27. The molecule has 0 radical (unpaired) electrons. The third-order valence-corrected chi connectivity index (χ3v) is 9.03. The number of amides is 1. The highest BCUT2D eigenvalue weighted by atomic mass is 16.6. The molecular weight excluding hydrogens is 580 g/mol. The second-order valence-corrected chi connectivity index (χ2v) is 12.5. The van der Waals surface area contributed by atoms with E-state index in [1.807, 2.05) is 13.8 Å². The number of aliphatic imine (C=N–C) groups is 2. The first-order valence-corrected chi connectivity index (χ1v) is 16.2. The van der Waals surface area contributed by atoms with Crippen molar-refractivity contribution in [1.82, 2.24) is 10.6 Å². The lowest BCUT2D eigenvalue weighted by Crippen LogP contribution is -2.56. The molecule has 0 spiro atoms. The Labute approximate surface area is 266 Å². The number of ether oxygens (including phenoxy) is 3. The maximum atomic E-state index is 12.9. The summed E-state index contributed by atoms with van der Waals surface area (Å²) in [5.41, 5.74) is 4.53. The van der Waals surface area contributed by atoms with Crippen LogP contribution in [0.5, 0.6) is 0 Å². The van der Waals surface area contributed by atoms with E-state index in [1.54, 1.807) is 27.0 Å². The molecule has 2 heterocycles. The molecule has 0 bridgehead atoms. The first kappa shape index (κ1) is 36.1. The minimum Gasteiger partial charge on any atom is -0.463 e. The maximum Gasteiger partial charge on any atom is 0.323 e. The Bertz CT molecular complexity index is 1170. The maximum absolute atomic E-state index is 12.9. The Morgan fingerprint density at radius 3 is 2.56 bits per heavy atom. The van der Waals surface area contributed by atoms with E-state index in [0.717, 1.165) is 32.1 Å². The fraction of sp³-hybridized carbons (Fsp3) is 0.750. The average Bonchev–Trinajstić information content (AvgIpc) is 3.62. The van der Waals surface area contributed by atoms with E-state index in [2.05, 4.69) is 26.7 Å². The lowest BCUT2D eigenvalue weighted by molar-refractivity contribution is -0.162. The number of nitrogens with two attached hydrogens (primary N) is 1. The number of aliphatic hydroxyl groups excluding tert-OH is 1. The lowest BCUT2D eigenvalue weighted by atomic mass is 9.87. The molecule has 3 rings (SSSR count). The van der Waals surface area contributed by atoms with Crippen LogP contribution in [0.4, 0.5) is 0 Å². The number of rotatable bonds is 13. The van der Waals surface area contributed by atoms with Crippen LogP contribution in [0.25, 0.3) is 0 Å². The molecule has 3 aliphatic rings. The van der Waals surface area contributed by atoms with Crippen molar-refractivity contribution in [2.75, 3.05) is 13.7 Å². The van der Waals surface area contributed by atoms with Gasteiger partial charge in [0.1, 0.15) is 37.3 Å². The fourth-order valence-corrected chi connectivity index (χ4v) is 6.06. The molecule has 1 unspecified atom stereocenters. The Hall–Kier alpha value is -3.34. The minimum atomic E-state index is -1.91. The molecule has 45 heavy (non-hydrogen) atoms. The summed E-state index contributed by atoms with van der Waals surface area (Å²) in [4.78, 5) is 46.7. The van der Waals surface area contributed by atoms with Crippen molar-refractivity contribution >= 4 is 30.0 Å². The third kappa shape index (κ3) is 8.89. The van der Waals surface area contributed by atoms with Gasteiger partial charge in [0.2, 0.25) is 11.5 Å². The number of nitrogens with one attached hydrogen (secondary N) is 2. The van der Waals surface area contributed by atoms with E-state index in [4.69, 9.17) is 19.9 Å². The minimum absolute atomic E-state index is 0.204. The molecule has 1 saturated carbocycles. The van der Waals surface area contributed by atoms with Crippen LogP contribution in [0.15, 0.2) is 21.8 Å². The van der Waals surface area contributed by atoms with E-state index in [0.29, 0.717) is 18.5 Å². The van der Waals surface area contributed by atoms with Crippen LogP contribution in [0.3, 0.4) is 0 Å². The molecule has 2 aliphatic heterocycles. The van der Waals surface area contributed by atoms with Gasteiger partial charge < -0.3 is 35.7 Å². The standard InChI is InChI=1S/C32H50N6O7/c1-6-21(7-2)30(41)38-29(36-18-35-5)22-13-14-24(37-22)32(17-33)28(40)27(44-31(42)26(34)19(3)4)23(45-32)16-43-25(39)15-20-11-9-8-10-12-20/h13,18-21,23-24,26-28,37,40H,6-12,14-16,34H2,1-5H3,(H,35,36,38,41)/t23-,24?,26+,27-,28-,32+/m1/s1. The zero-order valence-corrected chi connectivity index (χ0v) is 27.2. The van der Waals surface area contributed by atoms with Gasteiger partial charge in [0.15, 0.2) is 11.9 Å². The molecule has 6 atom stereocenters. The Balaban J connectivity index is 1.81. The highest BCUT2D eigenvalue weighted by Gasteiger charge is 2.62. The number of hydrogen-bond acceptors (Lipinski definition) is 11. The summed E-state index contributed by atoms with van der Waals surface area (Å²) in [6.07, 6.45) is 6.01. The lowest BCUT2D eigenvalue weighted by Gasteiger charge is -2.32. The number of aliphatic hydroxyl groups is 1. The highest BCUT2D eigenvalue weighted by molar-refractivity contribution is 6.10. The molecule has 1 saturated heterocycles. The molecule has 5 N–H and O–H groups in total.